The van der Waals surface area contributed by atoms with Gasteiger partial charge in [-0.05, 0) is 44.4 Å². The summed E-state index contributed by atoms with van der Waals surface area (Å²) < 4.78 is 25.2. The third-order valence-corrected chi connectivity index (χ3v) is 3.64. The van der Waals surface area contributed by atoms with Crippen LogP contribution in [0.1, 0.15) is 46.1 Å². The van der Waals surface area contributed by atoms with Gasteiger partial charge in [0, 0.05) is 18.7 Å². The highest BCUT2D eigenvalue weighted by Gasteiger charge is 2.31. The van der Waals surface area contributed by atoms with Crippen LogP contribution in [0.25, 0.3) is 0 Å². The molecule has 1 heterocycles. The Morgan fingerprint density at radius 2 is 2.14 bits per heavy atom. The summed E-state index contributed by atoms with van der Waals surface area (Å²) in [6, 6.07) is 5.22. The quantitative estimate of drug-likeness (QED) is 0.869. The van der Waals surface area contributed by atoms with Gasteiger partial charge in [-0.3, -0.25) is 0 Å². The van der Waals surface area contributed by atoms with Gasteiger partial charge in [-0.2, -0.15) is 0 Å². The van der Waals surface area contributed by atoms with Crippen molar-refractivity contribution in [1.29, 1.82) is 0 Å². The van der Waals surface area contributed by atoms with Gasteiger partial charge in [-0.25, -0.2) is 4.39 Å². The van der Waals surface area contributed by atoms with E-state index in [1.807, 2.05) is 6.07 Å². The highest BCUT2D eigenvalue weighted by molar-refractivity contribution is 5.29. The zero-order valence-electron chi connectivity index (χ0n) is 13.4. The molecule has 1 aliphatic heterocycles. The predicted octanol–water partition coefficient (Wildman–Crippen LogP) is 3.66. The Balaban J connectivity index is 1.90. The summed E-state index contributed by atoms with van der Waals surface area (Å²) in [6.45, 7) is 9.42. The molecule has 1 saturated heterocycles. The Kier molecular flexibility index (Phi) is 5.22. The fourth-order valence-electron chi connectivity index (χ4n) is 2.51. The van der Waals surface area contributed by atoms with Crippen molar-refractivity contribution in [3.8, 4) is 5.75 Å². The summed E-state index contributed by atoms with van der Waals surface area (Å²) in [5.74, 6) is 0.310. The first kappa shape index (κ1) is 16.2. The lowest BCUT2D eigenvalue weighted by molar-refractivity contribution is -0.0327. The molecule has 1 atom stereocenters. The Morgan fingerprint density at radius 1 is 1.38 bits per heavy atom. The normalized spacial score (nSPS) is 21.0. The van der Waals surface area contributed by atoms with E-state index >= 15 is 0 Å². The second kappa shape index (κ2) is 6.75. The molecule has 4 heteroatoms. The van der Waals surface area contributed by atoms with Crippen LogP contribution in [-0.4, -0.2) is 24.4 Å². The summed E-state index contributed by atoms with van der Waals surface area (Å²) in [6.07, 6.45) is 2.12. The molecule has 1 aromatic carbocycles. The predicted molar refractivity (Wildman–Crippen MR) is 82.1 cm³/mol. The van der Waals surface area contributed by atoms with E-state index in [1.165, 1.54) is 12.1 Å². The van der Waals surface area contributed by atoms with Gasteiger partial charge >= 0.3 is 0 Å². The number of hydrogen-bond acceptors (Lipinski definition) is 3. The van der Waals surface area contributed by atoms with Gasteiger partial charge in [0.1, 0.15) is 18.2 Å². The van der Waals surface area contributed by atoms with E-state index in [2.05, 4.69) is 33.0 Å². The fourth-order valence-corrected chi connectivity index (χ4v) is 2.51. The van der Waals surface area contributed by atoms with Gasteiger partial charge in [-0.15, -0.1) is 0 Å². The number of halogens is 1. The minimum absolute atomic E-state index is 0.0672. The summed E-state index contributed by atoms with van der Waals surface area (Å²) in [5.41, 5.74) is 0.828. The van der Waals surface area contributed by atoms with E-state index in [0.717, 1.165) is 18.4 Å². The molecule has 118 valence electrons. The largest absolute Gasteiger partial charge is 0.491 e. The first-order valence-corrected chi connectivity index (χ1v) is 7.67. The van der Waals surface area contributed by atoms with Crippen molar-refractivity contribution in [2.45, 2.75) is 64.8 Å². The lowest BCUT2D eigenvalue weighted by atomic mass is 10.1. The monoisotopic (exact) mass is 295 g/mol. The van der Waals surface area contributed by atoms with E-state index in [9.17, 15) is 4.39 Å². The lowest BCUT2D eigenvalue weighted by Crippen LogP contribution is -2.24. The van der Waals surface area contributed by atoms with Crippen LogP contribution in [0.3, 0.4) is 0 Å². The number of ether oxygens (including phenoxy) is 2. The van der Waals surface area contributed by atoms with E-state index in [1.54, 1.807) is 0 Å². The third kappa shape index (κ3) is 5.29. The second-order valence-electron chi connectivity index (χ2n) is 6.68. The molecule has 0 aliphatic carbocycles. The molecule has 1 N–H and O–H groups in total. The maximum Gasteiger partial charge on any atom is 0.127 e. The molecule has 0 aromatic heterocycles. The summed E-state index contributed by atoms with van der Waals surface area (Å²) in [5, 5.41) is 3.28. The van der Waals surface area contributed by atoms with Gasteiger partial charge < -0.3 is 14.8 Å². The van der Waals surface area contributed by atoms with E-state index < -0.39 is 0 Å². The molecule has 0 saturated carbocycles. The van der Waals surface area contributed by atoms with Crippen LogP contribution in [0.15, 0.2) is 18.2 Å². The summed E-state index contributed by atoms with van der Waals surface area (Å²) in [7, 11) is 0. The summed E-state index contributed by atoms with van der Waals surface area (Å²) >= 11 is 0. The van der Waals surface area contributed by atoms with Crippen LogP contribution < -0.4 is 10.1 Å². The van der Waals surface area contributed by atoms with Crippen LogP contribution in [0.4, 0.5) is 4.39 Å². The molecule has 1 unspecified atom stereocenters. The van der Waals surface area contributed by atoms with Crippen molar-refractivity contribution in [1.82, 2.24) is 5.32 Å². The van der Waals surface area contributed by atoms with Crippen molar-refractivity contribution < 1.29 is 13.9 Å². The molecular weight excluding hydrogens is 269 g/mol. The van der Waals surface area contributed by atoms with Gasteiger partial charge in [0.05, 0.1) is 11.7 Å². The van der Waals surface area contributed by atoms with Crippen LogP contribution in [-0.2, 0) is 11.3 Å². The van der Waals surface area contributed by atoms with Crippen LogP contribution >= 0.6 is 0 Å². The maximum absolute atomic E-state index is 13.6. The van der Waals surface area contributed by atoms with Crippen molar-refractivity contribution in [3.05, 3.63) is 29.6 Å². The highest BCUT2D eigenvalue weighted by atomic mass is 19.1. The van der Waals surface area contributed by atoms with Crippen molar-refractivity contribution in [2.24, 2.45) is 0 Å². The number of hydrogen-bond donors (Lipinski definition) is 1. The van der Waals surface area contributed by atoms with Gasteiger partial charge in [0.15, 0.2) is 0 Å². The molecule has 3 nitrogen and oxygen atoms in total. The SMILES string of the molecule is CC(C)NCc1cc(F)cc(OCC2CCC(C)(C)O2)c1. The second-order valence-corrected chi connectivity index (χ2v) is 6.68. The molecule has 0 bridgehead atoms. The first-order chi connectivity index (χ1) is 9.84. The zero-order chi connectivity index (χ0) is 15.5. The molecule has 1 fully saturated rings. The standard InChI is InChI=1S/C17H26FNO2/c1-12(2)19-10-13-7-14(18)9-16(8-13)20-11-15-5-6-17(3,4)21-15/h7-9,12,15,19H,5-6,10-11H2,1-4H3. The molecule has 0 amide bonds. The average molecular weight is 295 g/mol. The topological polar surface area (TPSA) is 30.5 Å². The van der Waals surface area contributed by atoms with Crippen molar-refractivity contribution in [3.63, 3.8) is 0 Å². The van der Waals surface area contributed by atoms with Crippen LogP contribution in [0, 0.1) is 5.82 Å². The van der Waals surface area contributed by atoms with Crippen molar-refractivity contribution >= 4 is 0 Å². The van der Waals surface area contributed by atoms with Crippen molar-refractivity contribution in [2.75, 3.05) is 6.61 Å². The average Bonchev–Trinajstić information content (AvgIpc) is 2.73. The number of nitrogens with one attached hydrogen (secondary N) is 1. The Bertz CT molecular complexity index is 474. The molecular formula is C17H26FNO2. The van der Waals surface area contributed by atoms with E-state index in [0.29, 0.717) is 24.9 Å². The summed E-state index contributed by atoms with van der Waals surface area (Å²) in [4.78, 5) is 0. The Hall–Kier alpha value is -1.13. The first-order valence-electron chi connectivity index (χ1n) is 7.67. The van der Waals surface area contributed by atoms with Gasteiger partial charge in [-0.1, -0.05) is 13.8 Å². The molecule has 1 aromatic rings. The lowest BCUT2D eigenvalue weighted by Gasteiger charge is -2.19. The van der Waals surface area contributed by atoms with E-state index in [4.69, 9.17) is 9.47 Å². The highest BCUT2D eigenvalue weighted by Crippen LogP contribution is 2.29. The number of rotatable bonds is 6. The van der Waals surface area contributed by atoms with Crippen LogP contribution in [0.5, 0.6) is 5.75 Å². The minimum Gasteiger partial charge on any atom is -0.491 e. The van der Waals surface area contributed by atoms with E-state index in [-0.39, 0.29) is 17.5 Å². The third-order valence-electron chi connectivity index (χ3n) is 3.64. The van der Waals surface area contributed by atoms with Gasteiger partial charge in [0.25, 0.3) is 0 Å². The Labute approximate surface area is 126 Å². The number of benzene rings is 1. The fraction of sp³-hybridized carbons (Fsp3) is 0.647. The Morgan fingerprint density at radius 3 is 2.76 bits per heavy atom. The molecule has 1 aliphatic rings. The smallest absolute Gasteiger partial charge is 0.127 e. The molecule has 2 rings (SSSR count). The zero-order valence-corrected chi connectivity index (χ0v) is 13.4. The van der Waals surface area contributed by atoms with Gasteiger partial charge in [0.2, 0.25) is 0 Å². The molecule has 21 heavy (non-hydrogen) atoms. The molecule has 0 spiro atoms. The van der Waals surface area contributed by atoms with Crippen LogP contribution in [0.2, 0.25) is 0 Å². The maximum atomic E-state index is 13.6. The molecule has 0 radical (unpaired) electrons. The minimum atomic E-state index is -0.263.